The Morgan fingerprint density at radius 1 is 1.12 bits per heavy atom. The fraction of sp³-hybridized carbons (Fsp3) is 0.846. The Morgan fingerprint density at radius 2 is 1.56 bits per heavy atom. The second-order valence-electron chi connectivity index (χ2n) is 4.84. The molecule has 16 heavy (non-hydrogen) atoms. The first-order chi connectivity index (χ1) is 7.43. The first-order valence-corrected chi connectivity index (χ1v) is 9.34. The van der Waals surface area contributed by atoms with E-state index in [0.29, 0.717) is 0 Å². The van der Waals surface area contributed by atoms with E-state index in [1.54, 1.807) is 0 Å². The normalized spacial score (nSPS) is 18.5. The van der Waals surface area contributed by atoms with Crippen LogP contribution >= 0.6 is 6.60 Å². The Kier molecular flexibility index (Phi) is 6.17. The van der Waals surface area contributed by atoms with Crippen LogP contribution in [0, 0.1) is 0 Å². The molecule has 2 N–H and O–H groups in total. The van der Waals surface area contributed by atoms with E-state index in [9.17, 15) is 10.2 Å². The quantitative estimate of drug-likeness (QED) is 0.511. The van der Waals surface area contributed by atoms with Gasteiger partial charge in [0, 0.05) is 0 Å². The summed E-state index contributed by atoms with van der Waals surface area (Å²) in [4.78, 5) is 0. The zero-order chi connectivity index (χ0) is 12.8. The topological polar surface area (TPSA) is 40.5 Å². The summed E-state index contributed by atoms with van der Waals surface area (Å²) >= 11 is 0. The molecule has 0 fully saturated rings. The molecule has 0 aliphatic heterocycles. The zero-order valence-corrected chi connectivity index (χ0v) is 12.2. The van der Waals surface area contributed by atoms with Gasteiger partial charge >= 0.3 is 100 Å². The van der Waals surface area contributed by atoms with Crippen LogP contribution in [0.1, 0.15) is 40.5 Å². The van der Waals surface area contributed by atoms with Gasteiger partial charge in [-0.05, 0) is 0 Å². The maximum atomic E-state index is 10.6. The van der Waals surface area contributed by atoms with Crippen LogP contribution in [-0.4, -0.2) is 40.4 Å². The molecule has 0 heterocycles. The molecule has 0 spiro atoms. The van der Waals surface area contributed by atoms with Crippen LogP contribution in [0.15, 0.2) is 12.7 Å². The molecular weight excluding hydrogens is 219 g/mol. The molecule has 2 nitrogen and oxygen atoms in total. The Hall–Kier alpha value is 0.0900. The predicted octanol–water partition coefficient (Wildman–Crippen LogP) is 3.22. The van der Waals surface area contributed by atoms with Gasteiger partial charge in [0.1, 0.15) is 0 Å². The zero-order valence-electron chi connectivity index (χ0n) is 11.3. The monoisotopic (exact) mass is 248 g/mol. The molecule has 0 saturated heterocycles. The average molecular weight is 248 g/mol. The van der Waals surface area contributed by atoms with E-state index < -0.39 is 6.60 Å². The standard InChI is InChI=1S/C13H29O2P/c1-6-10-11-13(15)16(7-2,8-3,9-4)12(5)14/h6,12-15H,1,7-11H2,2-5H3. The van der Waals surface area contributed by atoms with E-state index in [0.717, 1.165) is 31.3 Å². The van der Waals surface area contributed by atoms with Crippen LogP contribution in [0.5, 0.6) is 0 Å². The van der Waals surface area contributed by atoms with Gasteiger partial charge in [0.25, 0.3) is 0 Å². The Bertz CT molecular complexity index is 211. The van der Waals surface area contributed by atoms with Crippen LogP contribution < -0.4 is 0 Å². The molecule has 3 heteroatoms. The van der Waals surface area contributed by atoms with Crippen LogP contribution in [0.4, 0.5) is 0 Å². The number of hydrogen-bond acceptors (Lipinski definition) is 2. The minimum absolute atomic E-state index is 0.344. The van der Waals surface area contributed by atoms with Crippen molar-refractivity contribution in [1.29, 1.82) is 0 Å². The summed E-state index contributed by atoms with van der Waals surface area (Å²) in [5.74, 6) is -0.713. The summed E-state index contributed by atoms with van der Waals surface area (Å²) in [5, 5.41) is 20.8. The maximum absolute atomic E-state index is 10.6. The van der Waals surface area contributed by atoms with Gasteiger partial charge in [0.2, 0.25) is 0 Å². The van der Waals surface area contributed by atoms with Gasteiger partial charge in [-0.15, -0.1) is 0 Å². The molecule has 0 radical (unpaired) electrons. The second kappa shape index (κ2) is 6.14. The molecule has 0 aromatic rings. The third kappa shape index (κ3) is 2.34. The summed E-state index contributed by atoms with van der Waals surface area (Å²) in [5.41, 5.74) is 0. The molecule has 0 saturated carbocycles. The summed E-state index contributed by atoms with van der Waals surface area (Å²) in [6.07, 6.45) is 6.18. The third-order valence-corrected chi connectivity index (χ3v) is 13.6. The number of hydrogen-bond donors (Lipinski definition) is 2. The molecule has 0 bridgehead atoms. The van der Waals surface area contributed by atoms with Crippen LogP contribution in [0.3, 0.4) is 0 Å². The van der Waals surface area contributed by atoms with E-state index in [4.69, 9.17) is 0 Å². The molecule has 0 aliphatic rings. The van der Waals surface area contributed by atoms with E-state index in [1.165, 1.54) is 0 Å². The van der Waals surface area contributed by atoms with E-state index >= 15 is 0 Å². The molecule has 0 aromatic carbocycles. The third-order valence-electron chi connectivity index (χ3n) is 4.88. The summed E-state index contributed by atoms with van der Waals surface area (Å²) in [6, 6.07) is 0. The summed E-state index contributed by atoms with van der Waals surface area (Å²) in [7, 11) is 0. The van der Waals surface area contributed by atoms with Gasteiger partial charge in [-0.1, -0.05) is 0 Å². The van der Waals surface area contributed by atoms with Crippen molar-refractivity contribution in [2.45, 2.75) is 52.2 Å². The van der Waals surface area contributed by atoms with Gasteiger partial charge in [0.15, 0.2) is 0 Å². The molecule has 0 rings (SSSR count). The minimum atomic E-state index is -2.40. The fourth-order valence-corrected chi connectivity index (χ4v) is 8.50. The first kappa shape index (κ1) is 16.1. The molecular formula is C13H29O2P. The summed E-state index contributed by atoms with van der Waals surface area (Å²) < 4.78 is 0. The van der Waals surface area contributed by atoms with Gasteiger partial charge in [-0.25, -0.2) is 0 Å². The molecule has 2 unspecified atom stereocenters. The molecule has 98 valence electrons. The van der Waals surface area contributed by atoms with Gasteiger partial charge < -0.3 is 0 Å². The Morgan fingerprint density at radius 3 is 1.81 bits per heavy atom. The number of rotatable bonds is 8. The average Bonchev–Trinajstić information content (AvgIpc) is 2.30. The summed E-state index contributed by atoms with van der Waals surface area (Å²) in [6.45, 7) is 9.52. The van der Waals surface area contributed by atoms with Gasteiger partial charge in [-0.3, -0.25) is 0 Å². The van der Waals surface area contributed by atoms with Crippen molar-refractivity contribution < 1.29 is 10.2 Å². The van der Waals surface area contributed by atoms with Crippen molar-refractivity contribution >= 4 is 6.60 Å². The van der Waals surface area contributed by atoms with Crippen molar-refractivity contribution in [1.82, 2.24) is 0 Å². The van der Waals surface area contributed by atoms with E-state index in [2.05, 4.69) is 27.4 Å². The first-order valence-electron chi connectivity index (χ1n) is 6.40. The van der Waals surface area contributed by atoms with Crippen LogP contribution in [0.25, 0.3) is 0 Å². The van der Waals surface area contributed by atoms with Crippen LogP contribution in [-0.2, 0) is 0 Å². The van der Waals surface area contributed by atoms with E-state index in [1.807, 2.05) is 13.0 Å². The van der Waals surface area contributed by atoms with Gasteiger partial charge in [-0.2, -0.15) is 0 Å². The fourth-order valence-electron chi connectivity index (χ4n) is 2.96. The molecule has 2 atom stereocenters. The number of aliphatic hydroxyl groups is 2. The second-order valence-corrected chi connectivity index (χ2v) is 11.9. The Labute approximate surface area is 101 Å². The molecule has 0 aromatic heterocycles. The molecule has 0 aliphatic carbocycles. The van der Waals surface area contributed by atoms with Crippen molar-refractivity contribution in [2.24, 2.45) is 0 Å². The van der Waals surface area contributed by atoms with Crippen molar-refractivity contribution in [3.05, 3.63) is 12.7 Å². The SMILES string of the molecule is C=CCCC(O)P(CC)(CC)(CC)C(C)O. The van der Waals surface area contributed by atoms with Gasteiger partial charge in [0.05, 0.1) is 0 Å². The van der Waals surface area contributed by atoms with Crippen LogP contribution in [0.2, 0.25) is 0 Å². The number of aliphatic hydroxyl groups excluding tert-OH is 2. The van der Waals surface area contributed by atoms with E-state index in [-0.39, 0.29) is 11.7 Å². The van der Waals surface area contributed by atoms with Crippen molar-refractivity contribution in [3.8, 4) is 0 Å². The Balaban J connectivity index is 5.25. The van der Waals surface area contributed by atoms with Crippen molar-refractivity contribution in [2.75, 3.05) is 18.5 Å². The predicted molar refractivity (Wildman–Crippen MR) is 75.7 cm³/mol. The molecule has 0 amide bonds. The van der Waals surface area contributed by atoms with Crippen molar-refractivity contribution in [3.63, 3.8) is 0 Å². The number of allylic oxidation sites excluding steroid dienone is 1.